The van der Waals surface area contributed by atoms with E-state index in [0.717, 1.165) is 11.3 Å². The van der Waals surface area contributed by atoms with Gasteiger partial charge in [-0.05, 0) is 45.2 Å². The van der Waals surface area contributed by atoms with Crippen molar-refractivity contribution in [1.82, 2.24) is 5.32 Å². The minimum Gasteiger partial charge on any atom is -0.491 e. The van der Waals surface area contributed by atoms with Crippen molar-refractivity contribution in [2.45, 2.75) is 45.8 Å². The van der Waals surface area contributed by atoms with Gasteiger partial charge in [0.05, 0.1) is 17.6 Å². The van der Waals surface area contributed by atoms with Crippen LogP contribution < -0.4 is 15.4 Å². The minimum absolute atomic E-state index is 0.0574. The molecule has 1 aliphatic heterocycles. The molecule has 1 aromatic carbocycles. The number of urea groups is 1. The smallest absolute Gasteiger partial charge is 0.319 e. The van der Waals surface area contributed by atoms with E-state index in [-0.39, 0.29) is 29.7 Å². The Labute approximate surface area is 137 Å². The van der Waals surface area contributed by atoms with E-state index in [2.05, 4.69) is 10.6 Å². The number of sulfone groups is 1. The van der Waals surface area contributed by atoms with Crippen LogP contribution in [-0.4, -0.2) is 38.1 Å². The largest absolute Gasteiger partial charge is 0.491 e. The summed E-state index contributed by atoms with van der Waals surface area (Å²) < 4.78 is 28.5. The van der Waals surface area contributed by atoms with Gasteiger partial charge < -0.3 is 15.4 Å². The molecule has 1 heterocycles. The highest BCUT2D eigenvalue weighted by Gasteiger charge is 2.24. The fourth-order valence-electron chi connectivity index (χ4n) is 2.45. The lowest BCUT2D eigenvalue weighted by atomic mass is 10.1. The van der Waals surface area contributed by atoms with Crippen molar-refractivity contribution in [3.8, 4) is 5.75 Å². The topological polar surface area (TPSA) is 84.5 Å². The van der Waals surface area contributed by atoms with Crippen molar-refractivity contribution in [2.24, 2.45) is 0 Å². The number of hydrogen-bond acceptors (Lipinski definition) is 4. The van der Waals surface area contributed by atoms with Crippen LogP contribution in [0.15, 0.2) is 18.2 Å². The summed E-state index contributed by atoms with van der Waals surface area (Å²) in [5, 5.41) is 5.60. The van der Waals surface area contributed by atoms with Crippen LogP contribution in [0.3, 0.4) is 0 Å². The zero-order chi connectivity index (χ0) is 17.0. The number of carbonyl (C=O) groups is 1. The molecule has 0 atom stereocenters. The Morgan fingerprint density at radius 3 is 2.52 bits per heavy atom. The monoisotopic (exact) mass is 340 g/mol. The molecular weight excluding hydrogens is 316 g/mol. The van der Waals surface area contributed by atoms with Crippen LogP contribution in [0.5, 0.6) is 5.75 Å². The van der Waals surface area contributed by atoms with Crippen LogP contribution in [-0.2, 0) is 9.84 Å². The molecule has 1 fully saturated rings. The quantitative estimate of drug-likeness (QED) is 0.882. The highest BCUT2D eigenvalue weighted by Crippen LogP contribution is 2.23. The molecule has 0 aliphatic carbocycles. The fraction of sp³-hybridized carbons (Fsp3) is 0.562. The predicted molar refractivity (Wildman–Crippen MR) is 90.8 cm³/mol. The van der Waals surface area contributed by atoms with E-state index < -0.39 is 9.84 Å². The summed E-state index contributed by atoms with van der Waals surface area (Å²) in [7, 11) is -2.92. The standard InChI is InChI=1S/C16H24N2O4S/c1-11(2)22-15-10-14(5-4-12(15)3)18-16(19)17-13-6-8-23(20,21)9-7-13/h4-5,10-11,13H,6-9H2,1-3H3,(H2,17,18,19). The van der Waals surface area contributed by atoms with Gasteiger partial charge in [0.2, 0.25) is 0 Å². The lowest BCUT2D eigenvalue weighted by Crippen LogP contribution is -2.42. The van der Waals surface area contributed by atoms with Crippen molar-refractivity contribution < 1.29 is 17.9 Å². The minimum atomic E-state index is -2.92. The molecule has 0 bridgehead atoms. The Bertz CT molecular complexity index is 657. The first-order chi connectivity index (χ1) is 10.7. The lowest BCUT2D eigenvalue weighted by molar-refractivity contribution is 0.241. The predicted octanol–water partition coefficient (Wildman–Crippen LogP) is 2.48. The zero-order valence-electron chi connectivity index (χ0n) is 13.8. The first-order valence-corrected chi connectivity index (χ1v) is 9.62. The maximum absolute atomic E-state index is 12.0. The highest BCUT2D eigenvalue weighted by atomic mass is 32.2. The average Bonchev–Trinajstić information content (AvgIpc) is 2.44. The molecule has 2 N–H and O–H groups in total. The second-order valence-corrected chi connectivity index (χ2v) is 8.48. The summed E-state index contributed by atoms with van der Waals surface area (Å²) in [6.45, 7) is 5.84. The molecule has 1 aliphatic rings. The van der Waals surface area contributed by atoms with Crippen LogP contribution in [0.1, 0.15) is 32.3 Å². The van der Waals surface area contributed by atoms with Crippen molar-refractivity contribution in [3.05, 3.63) is 23.8 Å². The van der Waals surface area contributed by atoms with Crippen LogP contribution in [0, 0.1) is 6.92 Å². The molecule has 1 aromatic rings. The maximum atomic E-state index is 12.0. The highest BCUT2D eigenvalue weighted by molar-refractivity contribution is 7.91. The molecule has 0 saturated carbocycles. The van der Waals surface area contributed by atoms with Crippen molar-refractivity contribution >= 4 is 21.6 Å². The molecule has 0 unspecified atom stereocenters. The summed E-state index contributed by atoms with van der Waals surface area (Å²) in [6, 6.07) is 5.07. The summed E-state index contributed by atoms with van der Waals surface area (Å²) in [5.41, 5.74) is 1.65. The Morgan fingerprint density at radius 2 is 1.91 bits per heavy atom. The number of benzene rings is 1. The number of rotatable bonds is 4. The molecular formula is C16H24N2O4S. The number of aryl methyl sites for hydroxylation is 1. The summed E-state index contributed by atoms with van der Waals surface area (Å²) in [5.74, 6) is 1.01. The van der Waals surface area contributed by atoms with Crippen LogP contribution in [0.2, 0.25) is 0 Å². The van der Waals surface area contributed by atoms with E-state index >= 15 is 0 Å². The van der Waals surface area contributed by atoms with E-state index in [1.165, 1.54) is 0 Å². The number of hydrogen-bond donors (Lipinski definition) is 2. The number of anilines is 1. The molecule has 0 aromatic heterocycles. The fourth-order valence-corrected chi connectivity index (χ4v) is 3.94. The Balaban J connectivity index is 1.93. The van der Waals surface area contributed by atoms with Gasteiger partial charge in [-0.15, -0.1) is 0 Å². The molecule has 2 amide bonds. The second kappa shape index (κ2) is 7.21. The van der Waals surface area contributed by atoms with Gasteiger partial charge >= 0.3 is 6.03 Å². The van der Waals surface area contributed by atoms with Gasteiger partial charge in [-0.2, -0.15) is 0 Å². The Morgan fingerprint density at radius 1 is 1.26 bits per heavy atom. The molecule has 0 spiro atoms. The molecule has 23 heavy (non-hydrogen) atoms. The zero-order valence-corrected chi connectivity index (χ0v) is 14.6. The second-order valence-electron chi connectivity index (χ2n) is 6.17. The van der Waals surface area contributed by atoms with E-state index in [0.29, 0.717) is 18.5 Å². The molecule has 1 saturated heterocycles. The third-order valence-corrected chi connectivity index (χ3v) is 5.41. The number of carbonyl (C=O) groups excluding carboxylic acids is 1. The maximum Gasteiger partial charge on any atom is 0.319 e. The van der Waals surface area contributed by atoms with Gasteiger partial charge in [0.15, 0.2) is 0 Å². The van der Waals surface area contributed by atoms with Crippen molar-refractivity contribution in [3.63, 3.8) is 0 Å². The number of amides is 2. The summed E-state index contributed by atoms with van der Waals surface area (Å²) >= 11 is 0. The van der Waals surface area contributed by atoms with Gasteiger partial charge in [-0.25, -0.2) is 13.2 Å². The SMILES string of the molecule is Cc1ccc(NC(=O)NC2CCS(=O)(=O)CC2)cc1OC(C)C. The lowest BCUT2D eigenvalue weighted by Gasteiger charge is -2.23. The van der Waals surface area contributed by atoms with Gasteiger partial charge in [-0.1, -0.05) is 6.07 Å². The van der Waals surface area contributed by atoms with Gasteiger partial charge in [-0.3, -0.25) is 0 Å². The number of ether oxygens (including phenoxy) is 1. The summed E-state index contributed by atoms with van der Waals surface area (Å²) in [4.78, 5) is 12.0. The third-order valence-electron chi connectivity index (χ3n) is 3.70. The van der Waals surface area contributed by atoms with Crippen molar-refractivity contribution in [2.75, 3.05) is 16.8 Å². The normalized spacial score (nSPS) is 17.7. The average molecular weight is 340 g/mol. The van der Waals surface area contributed by atoms with Crippen LogP contribution >= 0.6 is 0 Å². The van der Waals surface area contributed by atoms with Gasteiger partial charge in [0.1, 0.15) is 15.6 Å². The Kier molecular flexibility index (Phi) is 5.51. The van der Waals surface area contributed by atoms with Crippen LogP contribution in [0.25, 0.3) is 0 Å². The van der Waals surface area contributed by atoms with E-state index in [4.69, 9.17) is 4.74 Å². The van der Waals surface area contributed by atoms with E-state index in [1.54, 1.807) is 6.07 Å². The van der Waals surface area contributed by atoms with Gasteiger partial charge in [0.25, 0.3) is 0 Å². The first-order valence-electron chi connectivity index (χ1n) is 7.80. The first kappa shape index (κ1) is 17.6. The van der Waals surface area contributed by atoms with E-state index in [9.17, 15) is 13.2 Å². The molecule has 2 rings (SSSR count). The number of nitrogens with one attached hydrogen (secondary N) is 2. The van der Waals surface area contributed by atoms with Crippen molar-refractivity contribution in [1.29, 1.82) is 0 Å². The summed E-state index contributed by atoms with van der Waals surface area (Å²) in [6.07, 6.45) is 0.985. The molecule has 6 nitrogen and oxygen atoms in total. The van der Waals surface area contributed by atoms with E-state index in [1.807, 2.05) is 32.9 Å². The molecule has 0 radical (unpaired) electrons. The third kappa shape index (κ3) is 5.42. The van der Waals surface area contributed by atoms with Gasteiger partial charge in [0, 0.05) is 17.8 Å². The molecule has 7 heteroatoms. The Hall–Kier alpha value is -1.76. The molecule has 128 valence electrons. The van der Waals surface area contributed by atoms with Crippen LogP contribution in [0.4, 0.5) is 10.5 Å².